The van der Waals surface area contributed by atoms with Crippen LogP contribution in [0.1, 0.15) is 24.6 Å². The first-order valence-electron chi connectivity index (χ1n) is 12.1. The summed E-state index contributed by atoms with van der Waals surface area (Å²) < 4.78 is 7.35. The molecule has 6 rings (SSSR count). The van der Waals surface area contributed by atoms with E-state index in [0.717, 1.165) is 25.2 Å². The van der Waals surface area contributed by atoms with Crippen LogP contribution in [0.25, 0.3) is 22.8 Å². The topological polar surface area (TPSA) is 138 Å². The summed E-state index contributed by atoms with van der Waals surface area (Å²) in [6, 6.07) is 9.17. The van der Waals surface area contributed by atoms with Crippen molar-refractivity contribution in [1.82, 2.24) is 39.7 Å². The van der Waals surface area contributed by atoms with Crippen LogP contribution < -0.4 is 5.32 Å². The molecular weight excluding hydrogens is 474 g/mol. The summed E-state index contributed by atoms with van der Waals surface area (Å²) >= 11 is 0. The van der Waals surface area contributed by atoms with E-state index in [2.05, 4.69) is 42.5 Å². The monoisotopic (exact) mass is 501 g/mol. The maximum absolute atomic E-state index is 12.4. The molecule has 0 aliphatic carbocycles. The van der Waals surface area contributed by atoms with Crippen LogP contribution in [0.2, 0.25) is 0 Å². The van der Waals surface area contributed by atoms with Crippen molar-refractivity contribution >= 4 is 17.5 Å². The number of carbonyl (C=O) groups is 1. The van der Waals surface area contributed by atoms with Crippen LogP contribution in [-0.2, 0) is 10.4 Å². The molecule has 4 aromatic heterocycles. The molecule has 190 valence electrons. The number of nitrogens with zero attached hydrogens (tertiary/aromatic N) is 8. The lowest BCUT2D eigenvalue weighted by Crippen LogP contribution is -2.35. The van der Waals surface area contributed by atoms with E-state index in [0.29, 0.717) is 41.3 Å². The van der Waals surface area contributed by atoms with E-state index in [9.17, 15) is 9.90 Å². The van der Waals surface area contributed by atoms with E-state index in [1.807, 2.05) is 23.0 Å². The third-order valence-electron chi connectivity index (χ3n) is 6.96. The maximum Gasteiger partial charge on any atom is 0.262 e. The Morgan fingerprint density at radius 1 is 1.11 bits per heavy atom. The predicted octanol–water partition coefficient (Wildman–Crippen LogP) is 2.06. The largest absolute Gasteiger partial charge is 0.373 e. The zero-order valence-corrected chi connectivity index (χ0v) is 20.6. The van der Waals surface area contributed by atoms with Gasteiger partial charge in [-0.05, 0) is 38.2 Å². The van der Waals surface area contributed by atoms with E-state index in [1.165, 1.54) is 4.90 Å². The Kier molecular flexibility index (Phi) is 5.69. The number of aromatic nitrogens is 6. The maximum atomic E-state index is 12.4. The van der Waals surface area contributed by atoms with E-state index in [4.69, 9.17) is 4.52 Å². The molecule has 2 N–H and O–H groups in total. The second kappa shape index (κ2) is 9.05. The van der Waals surface area contributed by atoms with Crippen molar-refractivity contribution in [1.29, 1.82) is 0 Å². The van der Waals surface area contributed by atoms with Crippen molar-refractivity contribution in [3.8, 4) is 22.8 Å². The molecular formula is C25H27N9O3. The first kappa shape index (κ1) is 23.3. The average Bonchev–Trinajstić information content (AvgIpc) is 3.71. The zero-order valence-electron chi connectivity index (χ0n) is 20.6. The molecule has 2 aliphatic rings. The first-order chi connectivity index (χ1) is 17.9. The summed E-state index contributed by atoms with van der Waals surface area (Å²) in [6.07, 6.45) is 6.74. The molecule has 0 radical (unpaired) electrons. The molecule has 0 bridgehead atoms. The quantitative estimate of drug-likeness (QED) is 0.404. The van der Waals surface area contributed by atoms with Gasteiger partial charge in [-0.1, -0.05) is 11.2 Å². The number of likely N-dealkylation sites (N-methyl/N-ethyl adjacent to an activating group) is 2. The number of rotatable bonds is 6. The Hall–Kier alpha value is -4.16. The Labute approximate surface area is 212 Å². The van der Waals surface area contributed by atoms with Gasteiger partial charge in [0.1, 0.15) is 5.69 Å². The van der Waals surface area contributed by atoms with Crippen molar-refractivity contribution in [2.45, 2.75) is 24.5 Å². The third-order valence-corrected chi connectivity index (χ3v) is 6.96. The zero-order chi connectivity index (χ0) is 25.6. The highest BCUT2D eigenvalue weighted by Gasteiger charge is 2.48. The fraction of sp³-hybridized carbons (Fsp3) is 0.360. The van der Waals surface area contributed by atoms with Crippen molar-refractivity contribution in [2.24, 2.45) is 0 Å². The first-order valence-corrected chi connectivity index (χ1v) is 12.1. The molecule has 2 aliphatic heterocycles. The summed E-state index contributed by atoms with van der Waals surface area (Å²) in [4.78, 5) is 29.8. The molecule has 0 saturated carbocycles. The van der Waals surface area contributed by atoms with Crippen LogP contribution in [0.3, 0.4) is 0 Å². The standard InChI is InChI=1S/C25H27N9O3/c1-32-10-7-17(15-32)34-14-16(13-27-34)28-24-26-9-6-20(30-24)18-4-3-5-19(29-18)21-12-22(37-31-21)25(36)8-11-33(2)23(25)35/h3-6,9,12-14,17,36H,7-8,10-11,15H2,1-2H3,(H,26,28,30). The number of anilines is 2. The smallest absolute Gasteiger partial charge is 0.262 e. The molecule has 12 heteroatoms. The normalized spacial score (nSPS) is 22.2. The predicted molar refractivity (Wildman–Crippen MR) is 134 cm³/mol. The van der Waals surface area contributed by atoms with Gasteiger partial charge in [-0.3, -0.25) is 9.48 Å². The summed E-state index contributed by atoms with van der Waals surface area (Å²) in [7, 11) is 3.76. The molecule has 2 atom stereocenters. The van der Waals surface area contributed by atoms with E-state index >= 15 is 0 Å². The molecule has 37 heavy (non-hydrogen) atoms. The highest BCUT2D eigenvalue weighted by atomic mass is 16.5. The SMILES string of the molecule is CN1CCC(n2cc(Nc3nccc(-c4cccc(-c5cc(C6(O)CCN(C)C6=O)on5)n4)n3)cn2)C1. The lowest BCUT2D eigenvalue weighted by molar-refractivity contribution is -0.144. The van der Waals surface area contributed by atoms with Crippen LogP contribution in [0.5, 0.6) is 0 Å². The van der Waals surface area contributed by atoms with Crippen molar-refractivity contribution in [3.63, 3.8) is 0 Å². The molecule has 2 saturated heterocycles. The summed E-state index contributed by atoms with van der Waals surface area (Å²) in [5, 5.41) is 22.6. The van der Waals surface area contributed by atoms with Crippen molar-refractivity contribution in [3.05, 3.63) is 54.7 Å². The van der Waals surface area contributed by atoms with Crippen LogP contribution in [0.4, 0.5) is 11.6 Å². The highest BCUT2D eigenvalue weighted by Crippen LogP contribution is 2.34. The minimum absolute atomic E-state index is 0.113. The lowest BCUT2D eigenvalue weighted by atomic mass is 9.98. The van der Waals surface area contributed by atoms with Gasteiger partial charge in [-0.25, -0.2) is 15.0 Å². The molecule has 1 amide bonds. The van der Waals surface area contributed by atoms with Gasteiger partial charge in [0.15, 0.2) is 5.76 Å². The van der Waals surface area contributed by atoms with Crippen LogP contribution >= 0.6 is 0 Å². The van der Waals surface area contributed by atoms with Gasteiger partial charge in [0.25, 0.3) is 5.91 Å². The third kappa shape index (κ3) is 4.34. The molecule has 2 unspecified atom stereocenters. The van der Waals surface area contributed by atoms with Gasteiger partial charge in [0.2, 0.25) is 11.5 Å². The van der Waals surface area contributed by atoms with Crippen LogP contribution in [-0.4, -0.2) is 84.4 Å². The number of aliphatic hydroxyl groups is 1. The number of likely N-dealkylation sites (tertiary alicyclic amines) is 2. The lowest BCUT2D eigenvalue weighted by Gasteiger charge is -2.16. The minimum Gasteiger partial charge on any atom is -0.373 e. The van der Waals surface area contributed by atoms with Gasteiger partial charge >= 0.3 is 0 Å². The Bertz CT molecular complexity index is 1450. The second-order valence-corrected chi connectivity index (χ2v) is 9.63. The van der Waals surface area contributed by atoms with E-state index in [-0.39, 0.29) is 12.2 Å². The molecule has 6 heterocycles. The summed E-state index contributed by atoms with van der Waals surface area (Å²) in [5.74, 6) is 0.143. The van der Waals surface area contributed by atoms with E-state index in [1.54, 1.807) is 37.6 Å². The Morgan fingerprint density at radius 3 is 2.68 bits per heavy atom. The highest BCUT2D eigenvalue weighted by molar-refractivity contribution is 5.87. The molecule has 12 nitrogen and oxygen atoms in total. The molecule has 4 aromatic rings. The Balaban J connectivity index is 1.21. The molecule has 0 spiro atoms. The average molecular weight is 502 g/mol. The number of pyridine rings is 1. The number of carbonyl (C=O) groups excluding carboxylic acids is 1. The van der Waals surface area contributed by atoms with E-state index < -0.39 is 11.5 Å². The number of hydrogen-bond acceptors (Lipinski definition) is 10. The number of nitrogens with one attached hydrogen (secondary N) is 1. The fourth-order valence-electron chi connectivity index (χ4n) is 4.81. The Morgan fingerprint density at radius 2 is 1.92 bits per heavy atom. The molecule has 0 aromatic carbocycles. The van der Waals surface area contributed by atoms with Crippen LogP contribution in [0.15, 0.2) is 53.4 Å². The second-order valence-electron chi connectivity index (χ2n) is 9.63. The number of amides is 1. The van der Waals surface area contributed by atoms with Gasteiger partial charge in [0.05, 0.1) is 35.0 Å². The summed E-state index contributed by atoms with van der Waals surface area (Å²) in [5.41, 5.74) is 1.31. The minimum atomic E-state index is -1.70. The van der Waals surface area contributed by atoms with Gasteiger partial charge in [-0.15, -0.1) is 0 Å². The van der Waals surface area contributed by atoms with Crippen LogP contribution in [0, 0.1) is 0 Å². The number of hydrogen-bond donors (Lipinski definition) is 2. The van der Waals surface area contributed by atoms with Crippen molar-refractivity contribution in [2.75, 3.05) is 39.0 Å². The van der Waals surface area contributed by atoms with Gasteiger partial charge in [-0.2, -0.15) is 5.10 Å². The van der Waals surface area contributed by atoms with Gasteiger partial charge in [0, 0.05) is 45.0 Å². The van der Waals surface area contributed by atoms with Crippen molar-refractivity contribution < 1.29 is 14.4 Å². The van der Waals surface area contributed by atoms with Gasteiger partial charge < -0.3 is 24.7 Å². The summed E-state index contributed by atoms with van der Waals surface area (Å²) in [6.45, 7) is 2.49. The molecule has 2 fully saturated rings. The fourth-order valence-corrected chi connectivity index (χ4v) is 4.81.